The second kappa shape index (κ2) is 4.62. The molecule has 0 spiro atoms. The normalized spacial score (nSPS) is 11.0. The van der Waals surface area contributed by atoms with Crippen molar-refractivity contribution in [2.45, 2.75) is 18.7 Å². The highest BCUT2D eigenvalue weighted by Gasteiger charge is 2.20. The van der Waals surface area contributed by atoms with Gasteiger partial charge in [-0.15, -0.1) is 0 Å². The topological polar surface area (TPSA) is 101 Å². The van der Waals surface area contributed by atoms with Gasteiger partial charge < -0.3 is 11.1 Å². The first kappa shape index (κ1) is 13.3. The van der Waals surface area contributed by atoms with E-state index in [4.69, 9.17) is 5.73 Å². The van der Waals surface area contributed by atoms with Crippen molar-refractivity contribution in [2.24, 2.45) is 0 Å². The summed E-state index contributed by atoms with van der Waals surface area (Å²) in [6.07, 6.45) is 0. The molecule has 0 saturated heterocycles. The average Bonchev–Trinajstić information content (AvgIpc) is 2.22. The van der Waals surface area contributed by atoms with Crippen LogP contribution in [-0.2, 0) is 10.0 Å². The number of sulfonamides is 1. The molecule has 0 atom stereocenters. The predicted octanol–water partition coefficient (Wildman–Crippen LogP) is 0.503. The van der Waals surface area contributed by atoms with Crippen LogP contribution >= 0.6 is 0 Å². The Hall–Kier alpha value is -1.76. The summed E-state index contributed by atoms with van der Waals surface area (Å²) in [5.41, 5.74) is 7.20. The minimum absolute atomic E-state index is 0.0126. The van der Waals surface area contributed by atoms with Gasteiger partial charge in [-0.3, -0.25) is 0 Å². The van der Waals surface area contributed by atoms with Crippen LogP contribution in [0.3, 0.4) is 0 Å². The second-order valence-corrected chi connectivity index (χ2v) is 5.31. The Morgan fingerprint density at radius 1 is 1.29 bits per heavy atom. The van der Waals surface area contributed by atoms with E-state index in [1.807, 2.05) is 4.72 Å². The molecule has 0 fully saturated rings. The highest BCUT2D eigenvalue weighted by atomic mass is 32.2. The van der Waals surface area contributed by atoms with E-state index >= 15 is 0 Å². The Morgan fingerprint density at radius 3 is 2.41 bits per heavy atom. The van der Waals surface area contributed by atoms with Gasteiger partial charge in [0.1, 0.15) is 0 Å². The summed E-state index contributed by atoms with van der Waals surface area (Å²) >= 11 is 0. The molecule has 1 rings (SSSR count). The van der Waals surface area contributed by atoms with Crippen molar-refractivity contribution in [3.63, 3.8) is 0 Å². The third kappa shape index (κ3) is 2.88. The highest BCUT2D eigenvalue weighted by molar-refractivity contribution is 7.90. The number of nitrogens with two attached hydrogens (primary N) is 1. The number of carbonyl (C=O) groups excluding carboxylic acids is 1. The lowest BCUT2D eigenvalue weighted by Crippen LogP contribution is -2.37. The Kier molecular flexibility index (Phi) is 3.62. The lowest BCUT2D eigenvalue weighted by atomic mass is 10.1. The van der Waals surface area contributed by atoms with E-state index in [-0.39, 0.29) is 4.90 Å². The highest BCUT2D eigenvalue weighted by Crippen LogP contribution is 2.22. The number of benzene rings is 1. The van der Waals surface area contributed by atoms with E-state index in [9.17, 15) is 13.2 Å². The fraction of sp³-hybridized carbons (Fsp3) is 0.300. The molecule has 0 heterocycles. The van der Waals surface area contributed by atoms with Crippen LogP contribution in [0.1, 0.15) is 11.1 Å². The molecule has 0 unspecified atom stereocenters. The molecule has 1 aromatic rings. The van der Waals surface area contributed by atoms with E-state index in [0.29, 0.717) is 16.8 Å². The van der Waals surface area contributed by atoms with Crippen LogP contribution in [-0.4, -0.2) is 21.5 Å². The van der Waals surface area contributed by atoms with E-state index in [2.05, 4.69) is 5.32 Å². The molecule has 4 N–H and O–H groups in total. The lowest BCUT2D eigenvalue weighted by molar-refractivity contribution is 0.248. The summed E-state index contributed by atoms with van der Waals surface area (Å²) in [7, 11) is -2.55. The molecule has 0 aromatic heterocycles. The first-order chi connectivity index (χ1) is 7.77. The molecular weight excluding hydrogens is 242 g/mol. The standard InChI is InChI=1S/C10H15N3O3S/c1-6-4-8(11)7(2)9(5-6)17(15,16)13-10(14)12-3/h4-5H,11H2,1-3H3,(H2,12,13,14). The fourth-order valence-corrected chi connectivity index (χ4v) is 2.68. The van der Waals surface area contributed by atoms with Gasteiger partial charge in [0.05, 0.1) is 4.90 Å². The molecule has 7 heteroatoms. The monoisotopic (exact) mass is 257 g/mol. The van der Waals surface area contributed by atoms with Crippen molar-refractivity contribution >= 4 is 21.7 Å². The largest absolute Gasteiger partial charge is 0.398 e. The predicted molar refractivity (Wildman–Crippen MR) is 65.1 cm³/mol. The summed E-state index contributed by atoms with van der Waals surface area (Å²) in [5.74, 6) is 0. The number of anilines is 1. The smallest absolute Gasteiger partial charge is 0.328 e. The molecule has 0 radical (unpaired) electrons. The molecule has 0 aliphatic heterocycles. The molecule has 0 aliphatic carbocycles. The number of nitrogens with one attached hydrogen (secondary N) is 2. The first-order valence-electron chi connectivity index (χ1n) is 4.89. The zero-order valence-electron chi connectivity index (χ0n) is 9.87. The zero-order chi connectivity index (χ0) is 13.2. The van der Waals surface area contributed by atoms with E-state index in [1.165, 1.54) is 13.1 Å². The number of nitrogen functional groups attached to an aromatic ring is 1. The van der Waals surface area contributed by atoms with Gasteiger partial charge in [0.25, 0.3) is 10.0 Å². The molecule has 0 saturated carbocycles. The number of carbonyl (C=O) groups is 1. The van der Waals surface area contributed by atoms with Gasteiger partial charge in [0, 0.05) is 12.7 Å². The maximum atomic E-state index is 11.9. The summed E-state index contributed by atoms with van der Waals surface area (Å²) in [4.78, 5) is 11.1. The van der Waals surface area contributed by atoms with Crippen LogP contribution in [0, 0.1) is 13.8 Å². The third-order valence-electron chi connectivity index (χ3n) is 2.29. The number of hydrogen-bond acceptors (Lipinski definition) is 4. The van der Waals surface area contributed by atoms with Gasteiger partial charge in [-0.05, 0) is 37.1 Å². The number of amides is 2. The lowest BCUT2D eigenvalue weighted by Gasteiger charge is -2.11. The molecular formula is C10H15N3O3S. The van der Waals surface area contributed by atoms with Crippen molar-refractivity contribution in [3.8, 4) is 0 Å². The zero-order valence-corrected chi connectivity index (χ0v) is 10.7. The van der Waals surface area contributed by atoms with Crippen LogP contribution < -0.4 is 15.8 Å². The maximum Gasteiger partial charge on any atom is 0.328 e. The Labute approximate surface area is 100 Å². The van der Waals surface area contributed by atoms with Crippen LogP contribution in [0.2, 0.25) is 0 Å². The molecule has 2 amide bonds. The minimum Gasteiger partial charge on any atom is -0.398 e. The number of aryl methyl sites for hydroxylation is 1. The van der Waals surface area contributed by atoms with Crippen molar-refractivity contribution < 1.29 is 13.2 Å². The van der Waals surface area contributed by atoms with Crippen molar-refractivity contribution in [2.75, 3.05) is 12.8 Å². The quantitative estimate of drug-likeness (QED) is 0.671. The Bertz CT molecular complexity index is 552. The number of rotatable bonds is 2. The van der Waals surface area contributed by atoms with E-state index < -0.39 is 16.1 Å². The minimum atomic E-state index is -3.89. The van der Waals surface area contributed by atoms with Gasteiger partial charge in [-0.1, -0.05) is 0 Å². The Morgan fingerprint density at radius 2 is 1.88 bits per heavy atom. The molecule has 0 aliphatic rings. The Balaban J connectivity index is 3.29. The summed E-state index contributed by atoms with van der Waals surface area (Å²) in [6.45, 7) is 3.32. The molecule has 1 aromatic carbocycles. The van der Waals surface area contributed by atoms with Gasteiger partial charge in [-0.25, -0.2) is 17.9 Å². The fourth-order valence-electron chi connectivity index (χ4n) is 1.36. The van der Waals surface area contributed by atoms with Crippen molar-refractivity contribution in [1.82, 2.24) is 10.0 Å². The van der Waals surface area contributed by atoms with Crippen LogP contribution in [0.15, 0.2) is 17.0 Å². The van der Waals surface area contributed by atoms with Crippen LogP contribution in [0.4, 0.5) is 10.5 Å². The van der Waals surface area contributed by atoms with Gasteiger partial charge >= 0.3 is 6.03 Å². The van der Waals surface area contributed by atoms with Gasteiger partial charge in [0.2, 0.25) is 0 Å². The second-order valence-electron chi connectivity index (χ2n) is 3.66. The average molecular weight is 257 g/mol. The number of hydrogen-bond donors (Lipinski definition) is 3. The molecule has 17 heavy (non-hydrogen) atoms. The molecule has 94 valence electrons. The van der Waals surface area contributed by atoms with Crippen molar-refractivity contribution in [1.29, 1.82) is 0 Å². The first-order valence-corrected chi connectivity index (χ1v) is 6.37. The van der Waals surface area contributed by atoms with Gasteiger partial charge in [0.15, 0.2) is 0 Å². The molecule has 6 nitrogen and oxygen atoms in total. The number of urea groups is 1. The van der Waals surface area contributed by atoms with Crippen LogP contribution in [0.25, 0.3) is 0 Å². The molecule has 0 bridgehead atoms. The van der Waals surface area contributed by atoms with E-state index in [0.717, 1.165) is 0 Å². The summed E-state index contributed by atoms with van der Waals surface area (Å²) < 4.78 is 25.7. The maximum absolute atomic E-state index is 11.9. The summed E-state index contributed by atoms with van der Waals surface area (Å²) in [5, 5.41) is 2.18. The van der Waals surface area contributed by atoms with E-state index in [1.54, 1.807) is 19.9 Å². The third-order valence-corrected chi connectivity index (χ3v) is 3.75. The van der Waals surface area contributed by atoms with Crippen molar-refractivity contribution in [3.05, 3.63) is 23.3 Å². The summed E-state index contributed by atoms with van der Waals surface area (Å²) in [6, 6.07) is 2.36. The SMILES string of the molecule is CNC(=O)NS(=O)(=O)c1cc(C)cc(N)c1C. The van der Waals surface area contributed by atoms with Crippen LogP contribution in [0.5, 0.6) is 0 Å². The van der Waals surface area contributed by atoms with Gasteiger partial charge in [-0.2, -0.15) is 0 Å².